The molecule has 0 fully saturated rings. The number of hydrogen-bond acceptors (Lipinski definition) is 6. The first-order valence-corrected chi connectivity index (χ1v) is 8.30. The van der Waals surface area contributed by atoms with Gasteiger partial charge >= 0.3 is 0 Å². The fourth-order valence-corrected chi connectivity index (χ4v) is 2.69. The molecular formula is C16H19N5OS. The van der Waals surface area contributed by atoms with Crippen LogP contribution in [0, 0.1) is 0 Å². The van der Waals surface area contributed by atoms with E-state index in [0.717, 1.165) is 11.4 Å². The molecule has 0 aliphatic carbocycles. The minimum absolute atomic E-state index is 0.0701. The molecule has 0 aliphatic rings. The number of nitrogens with zero attached hydrogens (tertiary/aromatic N) is 5. The van der Waals surface area contributed by atoms with Gasteiger partial charge < -0.3 is 4.42 Å². The summed E-state index contributed by atoms with van der Waals surface area (Å²) < 4.78 is 7.48. The van der Waals surface area contributed by atoms with Crippen molar-refractivity contribution < 1.29 is 4.42 Å². The molecule has 0 aliphatic heterocycles. The predicted octanol–water partition coefficient (Wildman–Crippen LogP) is 3.80. The molecule has 2 aromatic heterocycles. The maximum atomic E-state index is 5.72. The molecule has 0 radical (unpaired) electrons. The van der Waals surface area contributed by atoms with Gasteiger partial charge in [-0.25, -0.2) is 4.68 Å². The quantitative estimate of drug-likeness (QED) is 0.678. The van der Waals surface area contributed by atoms with Crippen molar-refractivity contribution in [3.8, 4) is 5.69 Å². The molecule has 7 heteroatoms. The van der Waals surface area contributed by atoms with Gasteiger partial charge in [-0.05, 0) is 19.1 Å². The zero-order chi connectivity index (χ0) is 16.4. The Bertz CT molecular complexity index is 775. The van der Waals surface area contributed by atoms with E-state index in [1.165, 1.54) is 11.8 Å². The lowest BCUT2D eigenvalue weighted by Crippen LogP contribution is -2.11. The minimum atomic E-state index is -0.147. The summed E-state index contributed by atoms with van der Waals surface area (Å²) in [6.45, 7) is 8.18. The van der Waals surface area contributed by atoms with Crippen molar-refractivity contribution in [2.45, 2.75) is 43.6 Å². The molecule has 0 saturated carbocycles. The van der Waals surface area contributed by atoms with Gasteiger partial charge in [0.05, 0.1) is 22.8 Å². The van der Waals surface area contributed by atoms with Crippen LogP contribution in [-0.4, -0.2) is 25.2 Å². The van der Waals surface area contributed by atoms with E-state index >= 15 is 0 Å². The molecule has 2 heterocycles. The Morgan fingerprint density at radius 1 is 1.09 bits per heavy atom. The zero-order valence-corrected chi connectivity index (χ0v) is 14.4. The van der Waals surface area contributed by atoms with E-state index < -0.39 is 0 Å². The van der Waals surface area contributed by atoms with Gasteiger partial charge in [-0.2, -0.15) is 0 Å². The van der Waals surface area contributed by atoms with Gasteiger partial charge in [-0.3, -0.25) is 0 Å². The number of hydrogen-bond donors (Lipinski definition) is 0. The molecule has 3 aromatic rings. The number of para-hydroxylation sites is 1. The van der Waals surface area contributed by atoms with Crippen LogP contribution in [0.4, 0.5) is 0 Å². The molecule has 120 valence electrons. The van der Waals surface area contributed by atoms with E-state index in [-0.39, 0.29) is 10.7 Å². The smallest absolute Gasteiger partial charge is 0.277 e. The summed E-state index contributed by atoms with van der Waals surface area (Å²) in [4.78, 5) is 0. The van der Waals surface area contributed by atoms with E-state index in [0.29, 0.717) is 11.1 Å². The highest BCUT2D eigenvalue weighted by Crippen LogP contribution is 2.34. The summed E-state index contributed by atoms with van der Waals surface area (Å²) in [7, 11) is 0. The van der Waals surface area contributed by atoms with Crippen LogP contribution in [-0.2, 0) is 5.41 Å². The largest absolute Gasteiger partial charge is 0.415 e. The van der Waals surface area contributed by atoms with Crippen molar-refractivity contribution in [3.63, 3.8) is 0 Å². The first-order valence-electron chi connectivity index (χ1n) is 7.42. The van der Waals surface area contributed by atoms with E-state index in [2.05, 4.69) is 20.5 Å². The Kier molecular flexibility index (Phi) is 4.21. The maximum absolute atomic E-state index is 5.72. The van der Waals surface area contributed by atoms with Gasteiger partial charge in [0.15, 0.2) is 0 Å². The normalized spacial score (nSPS) is 13.2. The third-order valence-corrected chi connectivity index (χ3v) is 4.24. The predicted molar refractivity (Wildman–Crippen MR) is 88.6 cm³/mol. The van der Waals surface area contributed by atoms with Crippen molar-refractivity contribution in [1.82, 2.24) is 25.2 Å². The molecule has 0 saturated heterocycles. The maximum Gasteiger partial charge on any atom is 0.277 e. The molecule has 0 amide bonds. The highest BCUT2D eigenvalue weighted by molar-refractivity contribution is 7.99. The molecule has 1 unspecified atom stereocenters. The van der Waals surface area contributed by atoms with Crippen molar-refractivity contribution in [3.05, 3.63) is 48.1 Å². The second-order valence-electron chi connectivity index (χ2n) is 6.31. The van der Waals surface area contributed by atoms with E-state index in [9.17, 15) is 0 Å². The summed E-state index contributed by atoms with van der Waals surface area (Å²) in [6, 6.07) is 9.90. The summed E-state index contributed by atoms with van der Waals surface area (Å²) in [5, 5.41) is 17.3. The fourth-order valence-electron chi connectivity index (χ4n) is 1.94. The molecule has 0 N–H and O–H groups in total. The summed E-state index contributed by atoms with van der Waals surface area (Å²) in [5.74, 6) is 0.639. The summed E-state index contributed by atoms with van der Waals surface area (Å²) >= 11 is 1.49. The number of thioether (sulfide) groups is 1. The van der Waals surface area contributed by atoms with Gasteiger partial charge in [0.2, 0.25) is 5.89 Å². The van der Waals surface area contributed by atoms with Crippen LogP contribution < -0.4 is 0 Å². The molecular weight excluding hydrogens is 310 g/mol. The van der Waals surface area contributed by atoms with Gasteiger partial charge in [-0.1, -0.05) is 55.9 Å². The SMILES string of the molecule is CC(Sc1nnc(C(C)(C)C)o1)c1cn(-c2ccccc2)nn1. The summed E-state index contributed by atoms with van der Waals surface area (Å²) in [6.07, 6.45) is 1.92. The fraction of sp³-hybridized carbons (Fsp3) is 0.375. The van der Waals surface area contributed by atoms with Crippen LogP contribution >= 0.6 is 11.8 Å². The van der Waals surface area contributed by atoms with Crippen LogP contribution in [0.25, 0.3) is 5.69 Å². The molecule has 1 atom stereocenters. The van der Waals surface area contributed by atoms with Crippen LogP contribution in [0.3, 0.4) is 0 Å². The van der Waals surface area contributed by atoms with Crippen molar-refractivity contribution in [1.29, 1.82) is 0 Å². The second-order valence-corrected chi connectivity index (χ2v) is 7.60. The molecule has 3 rings (SSSR count). The third kappa shape index (κ3) is 3.61. The molecule has 0 spiro atoms. The molecule has 6 nitrogen and oxygen atoms in total. The highest BCUT2D eigenvalue weighted by atomic mass is 32.2. The Balaban J connectivity index is 1.73. The van der Waals surface area contributed by atoms with Crippen molar-refractivity contribution >= 4 is 11.8 Å². The Morgan fingerprint density at radius 3 is 2.48 bits per heavy atom. The van der Waals surface area contributed by atoms with Gasteiger partial charge in [0.1, 0.15) is 0 Å². The average molecular weight is 329 g/mol. The van der Waals surface area contributed by atoms with E-state index in [1.54, 1.807) is 4.68 Å². The monoisotopic (exact) mass is 329 g/mol. The van der Waals surface area contributed by atoms with Crippen LogP contribution in [0.2, 0.25) is 0 Å². The Labute approximate surface area is 139 Å². The lowest BCUT2D eigenvalue weighted by molar-refractivity contribution is 0.347. The summed E-state index contributed by atoms with van der Waals surface area (Å²) in [5.41, 5.74) is 1.71. The molecule has 1 aromatic carbocycles. The van der Waals surface area contributed by atoms with E-state index in [4.69, 9.17) is 4.42 Å². The van der Waals surface area contributed by atoms with Crippen molar-refractivity contribution in [2.24, 2.45) is 0 Å². The van der Waals surface area contributed by atoms with Crippen molar-refractivity contribution in [2.75, 3.05) is 0 Å². The third-order valence-electron chi connectivity index (χ3n) is 3.27. The lowest BCUT2D eigenvalue weighted by atomic mass is 9.97. The number of rotatable bonds is 4. The van der Waals surface area contributed by atoms with Gasteiger partial charge in [-0.15, -0.1) is 15.3 Å². The number of benzene rings is 1. The Hall–Kier alpha value is -2.15. The minimum Gasteiger partial charge on any atom is -0.415 e. The molecule has 23 heavy (non-hydrogen) atoms. The first kappa shape index (κ1) is 15.7. The Morgan fingerprint density at radius 2 is 1.83 bits per heavy atom. The number of aromatic nitrogens is 5. The highest BCUT2D eigenvalue weighted by Gasteiger charge is 2.23. The van der Waals surface area contributed by atoms with E-state index in [1.807, 2.05) is 64.2 Å². The van der Waals surface area contributed by atoms with Crippen LogP contribution in [0.15, 0.2) is 46.2 Å². The zero-order valence-electron chi connectivity index (χ0n) is 13.6. The molecule has 0 bridgehead atoms. The topological polar surface area (TPSA) is 69.6 Å². The first-order chi connectivity index (χ1) is 10.9. The average Bonchev–Trinajstić information content (AvgIpc) is 3.16. The second kappa shape index (κ2) is 6.16. The van der Waals surface area contributed by atoms with Crippen LogP contribution in [0.5, 0.6) is 0 Å². The van der Waals surface area contributed by atoms with Crippen LogP contribution in [0.1, 0.15) is 44.5 Å². The standard InChI is InChI=1S/C16H19N5OS/c1-11(23-15-19-18-14(22-15)16(2,3)4)13-10-21(20-17-13)12-8-6-5-7-9-12/h5-11H,1-4H3. The van der Waals surface area contributed by atoms with Gasteiger partial charge in [0.25, 0.3) is 5.22 Å². The van der Waals surface area contributed by atoms with Gasteiger partial charge in [0, 0.05) is 5.41 Å². The lowest BCUT2D eigenvalue weighted by Gasteiger charge is -2.11.